The lowest BCUT2D eigenvalue weighted by Gasteiger charge is -2.33. The van der Waals surface area contributed by atoms with Gasteiger partial charge in [-0.15, -0.1) is 0 Å². The molecule has 1 N–H and O–H groups in total. The molecular weight excluding hydrogens is 465 g/mol. The Morgan fingerprint density at radius 2 is 1.94 bits per heavy atom. The van der Waals surface area contributed by atoms with Crippen LogP contribution in [0.5, 0.6) is 5.88 Å². The molecule has 2 heterocycles. The summed E-state index contributed by atoms with van der Waals surface area (Å²) in [6.45, 7) is 6.26. The molecule has 12 heteroatoms. The fraction of sp³-hybridized carbons (Fsp3) is 0.455. The van der Waals surface area contributed by atoms with Crippen molar-refractivity contribution in [3.8, 4) is 11.9 Å². The number of benzene rings is 1. The van der Waals surface area contributed by atoms with Gasteiger partial charge < -0.3 is 19.7 Å². The van der Waals surface area contributed by atoms with E-state index < -0.39 is 21.3 Å². The molecule has 0 atom stereocenters. The average molecular weight is 492 g/mol. The molecule has 0 unspecified atom stereocenters. The largest absolute Gasteiger partial charge is 0.473 e. The summed E-state index contributed by atoms with van der Waals surface area (Å²) < 4.78 is 49.0. The Balaban J connectivity index is 1.71. The monoisotopic (exact) mass is 491 g/mol. The molecule has 3 rings (SSSR count). The number of aromatic nitrogens is 2. The minimum atomic E-state index is -3.57. The van der Waals surface area contributed by atoms with Gasteiger partial charge in [0.25, 0.3) is 0 Å². The molecule has 0 aliphatic carbocycles. The molecule has 1 aliphatic rings. The molecule has 2 aromatic rings. The summed E-state index contributed by atoms with van der Waals surface area (Å²) in [5.41, 5.74) is -0.663. The van der Waals surface area contributed by atoms with Crippen molar-refractivity contribution in [1.29, 1.82) is 5.26 Å². The number of nitrogens with one attached hydrogen (secondary N) is 1. The van der Waals surface area contributed by atoms with Crippen LogP contribution in [-0.2, 0) is 14.6 Å². The number of sulfone groups is 1. The maximum atomic E-state index is 14.5. The average Bonchev–Trinajstić information content (AvgIpc) is 2.74. The Morgan fingerprint density at radius 1 is 1.26 bits per heavy atom. The van der Waals surface area contributed by atoms with E-state index >= 15 is 0 Å². The van der Waals surface area contributed by atoms with E-state index in [-0.39, 0.29) is 40.0 Å². The Hall–Kier alpha value is -3.46. The predicted octanol–water partition coefficient (Wildman–Crippen LogP) is 3.41. The van der Waals surface area contributed by atoms with Crippen LogP contribution in [0.15, 0.2) is 29.4 Å². The van der Waals surface area contributed by atoms with Crippen LogP contribution in [-0.4, -0.2) is 60.4 Å². The van der Waals surface area contributed by atoms with Crippen LogP contribution in [0.3, 0.4) is 0 Å². The SMILES string of the molecule is CC(C)(C)OC(=O)N1CCC(Oc2ncnc(Nc3ccc(S(C)(=O)=O)cc3F)c2C#N)CC1. The molecule has 1 saturated heterocycles. The fourth-order valence-electron chi connectivity index (χ4n) is 3.25. The van der Waals surface area contributed by atoms with Crippen molar-refractivity contribution in [3.63, 3.8) is 0 Å². The summed E-state index contributed by atoms with van der Waals surface area (Å²) in [6.07, 6.45) is 2.50. The number of carbonyl (C=O) groups is 1. The van der Waals surface area contributed by atoms with Crippen LogP contribution >= 0.6 is 0 Å². The smallest absolute Gasteiger partial charge is 0.410 e. The first-order chi connectivity index (χ1) is 15.9. The molecule has 1 aliphatic heterocycles. The van der Waals surface area contributed by atoms with Gasteiger partial charge in [-0.3, -0.25) is 0 Å². The lowest BCUT2D eigenvalue weighted by Crippen LogP contribution is -2.44. The molecule has 1 amide bonds. The van der Waals surface area contributed by atoms with Crippen molar-refractivity contribution in [2.24, 2.45) is 0 Å². The fourth-order valence-corrected chi connectivity index (χ4v) is 3.88. The highest BCUT2D eigenvalue weighted by atomic mass is 32.2. The zero-order chi connectivity index (χ0) is 25.1. The maximum absolute atomic E-state index is 14.5. The molecule has 0 bridgehead atoms. The van der Waals surface area contributed by atoms with Crippen LogP contribution in [0.25, 0.3) is 0 Å². The van der Waals surface area contributed by atoms with Gasteiger partial charge in [0, 0.05) is 32.2 Å². The van der Waals surface area contributed by atoms with Gasteiger partial charge in [-0.25, -0.2) is 27.6 Å². The van der Waals surface area contributed by atoms with Crippen LogP contribution in [0.2, 0.25) is 0 Å². The number of nitriles is 1. The van der Waals surface area contributed by atoms with Crippen molar-refractivity contribution >= 4 is 27.4 Å². The number of likely N-dealkylation sites (tertiary alicyclic amines) is 1. The zero-order valence-electron chi connectivity index (χ0n) is 19.3. The summed E-state index contributed by atoms with van der Waals surface area (Å²) in [7, 11) is -3.57. The molecule has 0 radical (unpaired) electrons. The third-order valence-electron chi connectivity index (χ3n) is 4.92. The second-order valence-corrected chi connectivity index (χ2v) is 10.9. The van der Waals surface area contributed by atoms with E-state index in [4.69, 9.17) is 9.47 Å². The number of hydrogen-bond donors (Lipinski definition) is 1. The molecule has 1 aromatic heterocycles. The third-order valence-corrected chi connectivity index (χ3v) is 6.03. The number of hydrogen-bond acceptors (Lipinski definition) is 9. The zero-order valence-corrected chi connectivity index (χ0v) is 20.1. The number of anilines is 2. The van der Waals surface area contributed by atoms with Crippen molar-refractivity contribution < 1.29 is 27.1 Å². The Morgan fingerprint density at radius 3 is 2.50 bits per heavy atom. The van der Waals surface area contributed by atoms with E-state index in [9.17, 15) is 22.9 Å². The van der Waals surface area contributed by atoms with Gasteiger partial charge in [0.05, 0.1) is 10.6 Å². The first kappa shape index (κ1) is 25.2. The summed E-state index contributed by atoms with van der Waals surface area (Å²) in [5.74, 6) is -0.768. The Labute approximate surface area is 197 Å². The van der Waals surface area contributed by atoms with E-state index in [1.807, 2.05) is 6.07 Å². The van der Waals surface area contributed by atoms with Gasteiger partial charge in [0.15, 0.2) is 21.2 Å². The number of carbonyl (C=O) groups excluding carboxylic acids is 1. The normalized spacial score (nSPS) is 14.9. The van der Waals surface area contributed by atoms with Crippen molar-refractivity contribution in [2.75, 3.05) is 24.7 Å². The van der Waals surface area contributed by atoms with Gasteiger partial charge in [-0.05, 0) is 39.0 Å². The van der Waals surface area contributed by atoms with E-state index in [0.717, 1.165) is 12.3 Å². The second-order valence-electron chi connectivity index (χ2n) is 8.84. The molecule has 1 fully saturated rings. The van der Waals surface area contributed by atoms with Gasteiger partial charge >= 0.3 is 6.09 Å². The van der Waals surface area contributed by atoms with Crippen molar-refractivity contribution in [3.05, 3.63) is 35.9 Å². The topological polar surface area (TPSA) is 135 Å². The summed E-state index contributed by atoms with van der Waals surface area (Å²) in [5, 5.41) is 12.4. The predicted molar refractivity (Wildman–Crippen MR) is 121 cm³/mol. The standard InChI is InChI=1S/C22H26FN5O5S/c1-22(2,3)33-21(29)28-9-7-14(8-10-28)32-20-16(12-24)19(25-13-26-20)27-18-6-5-15(11-17(18)23)34(4,30)31/h5-6,11,13-14H,7-10H2,1-4H3,(H,25,26,27). The summed E-state index contributed by atoms with van der Waals surface area (Å²) in [6, 6.07) is 5.36. The van der Waals surface area contributed by atoms with Crippen molar-refractivity contribution in [1.82, 2.24) is 14.9 Å². The minimum absolute atomic E-state index is 0.0182. The highest BCUT2D eigenvalue weighted by molar-refractivity contribution is 7.90. The molecule has 182 valence electrons. The van der Waals surface area contributed by atoms with Crippen molar-refractivity contribution in [2.45, 2.75) is 50.2 Å². The number of piperidine rings is 1. The Bertz CT molecular complexity index is 1220. The lowest BCUT2D eigenvalue weighted by atomic mass is 10.1. The third kappa shape index (κ3) is 6.32. The van der Waals surface area contributed by atoms with E-state index in [1.165, 1.54) is 18.5 Å². The second kappa shape index (κ2) is 9.80. The maximum Gasteiger partial charge on any atom is 0.410 e. The number of ether oxygens (including phenoxy) is 2. The first-order valence-corrected chi connectivity index (χ1v) is 12.4. The minimum Gasteiger partial charge on any atom is -0.473 e. The highest BCUT2D eigenvalue weighted by Gasteiger charge is 2.28. The summed E-state index contributed by atoms with van der Waals surface area (Å²) in [4.78, 5) is 21.7. The van der Waals surface area contributed by atoms with Gasteiger partial charge in [-0.2, -0.15) is 5.26 Å². The highest BCUT2D eigenvalue weighted by Crippen LogP contribution is 2.28. The van der Waals surface area contributed by atoms with Gasteiger partial charge in [-0.1, -0.05) is 0 Å². The molecule has 0 saturated carbocycles. The lowest BCUT2D eigenvalue weighted by molar-refractivity contribution is 0.0122. The molecule has 0 spiro atoms. The molecule has 10 nitrogen and oxygen atoms in total. The number of rotatable bonds is 5. The molecule has 1 aromatic carbocycles. The molecular formula is C22H26FN5O5S. The Kier molecular flexibility index (Phi) is 7.26. The number of halogens is 1. The van der Waals surface area contributed by atoms with E-state index in [1.54, 1.807) is 25.7 Å². The van der Waals surface area contributed by atoms with E-state index in [0.29, 0.717) is 25.9 Å². The molecule has 34 heavy (non-hydrogen) atoms. The van der Waals surface area contributed by atoms with Crippen LogP contribution in [0, 0.1) is 17.1 Å². The number of amides is 1. The van der Waals surface area contributed by atoms with Gasteiger partial charge in [0.1, 0.15) is 29.9 Å². The van der Waals surface area contributed by atoms with E-state index in [2.05, 4.69) is 15.3 Å². The van der Waals surface area contributed by atoms with Crippen LogP contribution in [0.4, 0.5) is 20.7 Å². The van der Waals surface area contributed by atoms with Crippen LogP contribution < -0.4 is 10.1 Å². The summed E-state index contributed by atoms with van der Waals surface area (Å²) >= 11 is 0. The van der Waals surface area contributed by atoms with Gasteiger partial charge in [0.2, 0.25) is 5.88 Å². The quantitative estimate of drug-likeness (QED) is 0.667. The number of nitrogens with zero attached hydrogens (tertiary/aromatic N) is 4. The van der Waals surface area contributed by atoms with Crippen LogP contribution in [0.1, 0.15) is 39.2 Å². The first-order valence-electron chi connectivity index (χ1n) is 10.5.